The lowest BCUT2D eigenvalue weighted by Gasteiger charge is -2.32. The molecule has 0 amide bonds. The van der Waals surface area contributed by atoms with Crippen molar-refractivity contribution in [1.29, 1.82) is 0 Å². The molecule has 1 heterocycles. The molecule has 1 N–H and O–H groups in total. The Morgan fingerprint density at radius 2 is 1.63 bits per heavy atom. The van der Waals surface area contributed by atoms with Gasteiger partial charge in [-0.1, -0.05) is 70.0 Å². The van der Waals surface area contributed by atoms with Crippen molar-refractivity contribution in [3.8, 4) is 0 Å². The van der Waals surface area contributed by atoms with Gasteiger partial charge in [-0.15, -0.1) is 0 Å². The topological polar surface area (TPSA) is 27.6 Å². The fourth-order valence-electron chi connectivity index (χ4n) is 3.64. The summed E-state index contributed by atoms with van der Waals surface area (Å²) in [5.74, 6) is -0.908. The Balaban J connectivity index is 0.000000325. The standard InChI is InChI=1S/C15H29N3.C10H12F2/c1-12(2)13(15(3,4)5)11-14(16-6)18-9-7-17-8-10-18;1-8-3-5-9(6-4-8)7-10(2,11)12/h11-12,17H,7-10H2,1-6H3;3-6H,7H2,1-2H3/b13-11+,16-14?;. The molecule has 170 valence electrons. The highest BCUT2D eigenvalue weighted by Crippen LogP contribution is 2.31. The van der Waals surface area contributed by atoms with E-state index in [1.165, 1.54) is 5.57 Å². The van der Waals surface area contributed by atoms with E-state index < -0.39 is 5.92 Å². The summed E-state index contributed by atoms with van der Waals surface area (Å²) >= 11 is 0. The second-order valence-corrected chi connectivity index (χ2v) is 9.56. The summed E-state index contributed by atoms with van der Waals surface area (Å²) < 4.78 is 25.0. The predicted octanol–water partition coefficient (Wildman–Crippen LogP) is 5.74. The first-order valence-electron chi connectivity index (χ1n) is 10.9. The Morgan fingerprint density at radius 1 is 1.10 bits per heavy atom. The van der Waals surface area contributed by atoms with Crippen molar-refractivity contribution in [2.24, 2.45) is 16.3 Å². The number of hydrogen-bond donors (Lipinski definition) is 1. The molecular weight excluding hydrogens is 380 g/mol. The smallest absolute Gasteiger partial charge is 0.249 e. The van der Waals surface area contributed by atoms with Crippen LogP contribution in [0.1, 0.15) is 52.7 Å². The lowest BCUT2D eigenvalue weighted by Crippen LogP contribution is -2.46. The van der Waals surface area contributed by atoms with Crippen molar-refractivity contribution >= 4 is 5.84 Å². The largest absolute Gasteiger partial charge is 0.354 e. The van der Waals surface area contributed by atoms with E-state index >= 15 is 0 Å². The van der Waals surface area contributed by atoms with Crippen LogP contribution in [-0.2, 0) is 6.42 Å². The Kier molecular flexibility index (Phi) is 10.2. The lowest BCUT2D eigenvalue weighted by atomic mass is 9.79. The van der Waals surface area contributed by atoms with Gasteiger partial charge in [-0.3, -0.25) is 4.99 Å². The molecule has 1 fully saturated rings. The number of nitrogens with one attached hydrogen (secondary N) is 1. The van der Waals surface area contributed by atoms with Gasteiger partial charge in [0.25, 0.3) is 0 Å². The average molecular weight is 422 g/mol. The minimum absolute atomic E-state index is 0.173. The van der Waals surface area contributed by atoms with E-state index in [9.17, 15) is 8.78 Å². The number of allylic oxidation sites excluding steroid dienone is 1. The van der Waals surface area contributed by atoms with Crippen LogP contribution in [0.2, 0.25) is 0 Å². The number of rotatable bonds is 4. The fourth-order valence-corrected chi connectivity index (χ4v) is 3.64. The highest BCUT2D eigenvalue weighted by Gasteiger charge is 2.22. The first-order valence-corrected chi connectivity index (χ1v) is 10.9. The van der Waals surface area contributed by atoms with Crippen LogP contribution in [0.3, 0.4) is 0 Å². The van der Waals surface area contributed by atoms with Gasteiger partial charge in [0, 0.05) is 39.6 Å². The summed E-state index contributed by atoms with van der Waals surface area (Å²) in [6.07, 6.45) is 2.13. The van der Waals surface area contributed by atoms with Gasteiger partial charge >= 0.3 is 0 Å². The van der Waals surface area contributed by atoms with E-state index in [0.29, 0.717) is 11.5 Å². The van der Waals surface area contributed by atoms with Crippen LogP contribution < -0.4 is 5.32 Å². The third-order valence-corrected chi connectivity index (χ3v) is 5.08. The first kappa shape index (κ1) is 26.3. The average Bonchev–Trinajstić information content (AvgIpc) is 2.63. The molecule has 30 heavy (non-hydrogen) atoms. The second-order valence-electron chi connectivity index (χ2n) is 9.56. The van der Waals surface area contributed by atoms with Crippen LogP contribution in [-0.4, -0.2) is 49.9 Å². The molecule has 0 unspecified atom stereocenters. The van der Waals surface area contributed by atoms with Crippen LogP contribution in [0.4, 0.5) is 8.78 Å². The van der Waals surface area contributed by atoms with Gasteiger partial charge < -0.3 is 10.2 Å². The van der Waals surface area contributed by atoms with E-state index in [4.69, 9.17) is 0 Å². The SMILES string of the molecule is CN=C(/C=C(\C(C)C)C(C)(C)C)N1CCNCC1.Cc1ccc(CC(C)(F)F)cc1. The van der Waals surface area contributed by atoms with Crippen LogP contribution in [0, 0.1) is 18.3 Å². The van der Waals surface area contributed by atoms with E-state index in [2.05, 4.69) is 55.9 Å². The highest BCUT2D eigenvalue weighted by atomic mass is 19.3. The summed E-state index contributed by atoms with van der Waals surface area (Å²) in [6, 6.07) is 7.18. The molecule has 1 aliphatic heterocycles. The minimum Gasteiger partial charge on any atom is -0.354 e. The van der Waals surface area contributed by atoms with Crippen molar-refractivity contribution in [2.45, 2.75) is 60.8 Å². The van der Waals surface area contributed by atoms with Gasteiger partial charge in [0.1, 0.15) is 5.84 Å². The molecule has 1 saturated heterocycles. The normalized spacial score (nSPS) is 16.4. The van der Waals surface area contributed by atoms with Gasteiger partial charge in [-0.2, -0.15) is 0 Å². The van der Waals surface area contributed by atoms with Gasteiger partial charge in [0.15, 0.2) is 0 Å². The second kappa shape index (κ2) is 11.6. The zero-order chi connectivity index (χ0) is 22.9. The molecule has 3 nitrogen and oxygen atoms in total. The van der Waals surface area contributed by atoms with Gasteiger partial charge in [-0.25, -0.2) is 8.78 Å². The zero-order valence-corrected chi connectivity index (χ0v) is 20.1. The molecule has 0 bridgehead atoms. The minimum atomic E-state index is -2.60. The molecule has 1 aliphatic rings. The molecule has 5 heteroatoms. The molecule has 0 radical (unpaired) electrons. The number of amidine groups is 1. The number of benzene rings is 1. The summed E-state index contributed by atoms with van der Waals surface area (Å²) in [5, 5.41) is 3.38. The third kappa shape index (κ3) is 9.84. The van der Waals surface area contributed by atoms with E-state index in [-0.39, 0.29) is 11.8 Å². The number of piperazine rings is 1. The van der Waals surface area contributed by atoms with Crippen molar-refractivity contribution in [3.05, 3.63) is 47.0 Å². The monoisotopic (exact) mass is 421 g/mol. The number of aryl methyl sites for hydroxylation is 1. The van der Waals surface area contributed by atoms with E-state index in [0.717, 1.165) is 44.5 Å². The van der Waals surface area contributed by atoms with E-state index in [1.54, 1.807) is 12.1 Å². The molecular formula is C25H41F2N3. The molecule has 1 aromatic carbocycles. The van der Waals surface area contributed by atoms with Gasteiger partial charge in [0.2, 0.25) is 5.92 Å². The molecule has 0 saturated carbocycles. The van der Waals surface area contributed by atoms with Crippen molar-refractivity contribution < 1.29 is 8.78 Å². The fraction of sp³-hybridized carbons (Fsp3) is 0.640. The summed E-state index contributed by atoms with van der Waals surface area (Å²) in [7, 11) is 1.90. The first-order chi connectivity index (χ1) is 13.8. The van der Waals surface area contributed by atoms with Crippen molar-refractivity contribution in [2.75, 3.05) is 33.2 Å². The summed E-state index contributed by atoms with van der Waals surface area (Å²) in [6.45, 7) is 18.5. The third-order valence-electron chi connectivity index (χ3n) is 5.08. The maximum atomic E-state index is 12.5. The quantitative estimate of drug-likeness (QED) is 0.496. The maximum absolute atomic E-state index is 12.5. The van der Waals surface area contributed by atoms with Crippen LogP contribution in [0.5, 0.6) is 0 Å². The molecule has 0 atom stereocenters. The van der Waals surface area contributed by atoms with E-state index in [1.807, 2.05) is 26.1 Å². The Bertz CT molecular complexity index is 687. The van der Waals surface area contributed by atoms with Crippen LogP contribution in [0.25, 0.3) is 0 Å². The Morgan fingerprint density at radius 3 is 2.03 bits per heavy atom. The van der Waals surface area contributed by atoms with Crippen LogP contribution in [0.15, 0.2) is 40.9 Å². The summed E-state index contributed by atoms with van der Waals surface area (Å²) in [5.41, 5.74) is 3.46. The highest BCUT2D eigenvalue weighted by molar-refractivity contribution is 5.93. The van der Waals surface area contributed by atoms with Gasteiger partial charge in [-0.05, 0) is 36.8 Å². The molecule has 0 aromatic heterocycles. The number of alkyl halides is 2. The van der Waals surface area contributed by atoms with Crippen molar-refractivity contribution in [3.63, 3.8) is 0 Å². The molecule has 1 aromatic rings. The number of hydrogen-bond acceptors (Lipinski definition) is 2. The lowest BCUT2D eigenvalue weighted by molar-refractivity contribution is 0.0226. The van der Waals surface area contributed by atoms with Gasteiger partial charge in [0.05, 0.1) is 0 Å². The zero-order valence-electron chi connectivity index (χ0n) is 20.1. The maximum Gasteiger partial charge on any atom is 0.249 e. The number of aliphatic imine (C=N–C) groups is 1. The van der Waals surface area contributed by atoms with Crippen molar-refractivity contribution in [1.82, 2.24) is 10.2 Å². The Hall–Kier alpha value is -1.75. The molecule has 0 spiro atoms. The number of nitrogens with zero attached hydrogens (tertiary/aromatic N) is 2. The molecule has 0 aliphatic carbocycles. The number of halogens is 2. The Labute approximate surface area is 182 Å². The van der Waals surface area contributed by atoms with Crippen LogP contribution >= 0.6 is 0 Å². The molecule has 2 rings (SSSR count). The summed E-state index contributed by atoms with van der Waals surface area (Å²) in [4.78, 5) is 6.87. The predicted molar refractivity (Wildman–Crippen MR) is 126 cm³/mol.